The first-order valence-corrected chi connectivity index (χ1v) is 4.99. The maximum absolute atomic E-state index is 12.9. The Morgan fingerprint density at radius 1 is 1.50 bits per heavy atom. The number of rotatable bonds is 4. The molecule has 0 saturated carbocycles. The van der Waals surface area contributed by atoms with Gasteiger partial charge in [0.05, 0.1) is 6.20 Å². The molecule has 0 aromatic carbocycles. The summed E-state index contributed by atoms with van der Waals surface area (Å²) in [5.41, 5.74) is 0.612. The van der Waals surface area contributed by atoms with Gasteiger partial charge in [0.15, 0.2) is 5.65 Å². The third-order valence-electron chi connectivity index (χ3n) is 2.08. The van der Waals surface area contributed by atoms with Crippen LogP contribution in [-0.2, 0) is 0 Å². The van der Waals surface area contributed by atoms with Gasteiger partial charge in [-0.1, -0.05) is 0 Å². The molecule has 4 nitrogen and oxygen atoms in total. The van der Waals surface area contributed by atoms with Crippen molar-refractivity contribution >= 4 is 11.6 Å². The zero-order valence-corrected chi connectivity index (χ0v) is 8.65. The summed E-state index contributed by atoms with van der Waals surface area (Å²) in [5.74, 6) is 2.70. The largest absolute Gasteiger partial charge is 0.353 e. The van der Waals surface area contributed by atoms with Crippen LogP contribution in [0, 0.1) is 18.2 Å². The van der Waals surface area contributed by atoms with Crippen LogP contribution in [0.25, 0.3) is 5.65 Å². The second-order valence-corrected chi connectivity index (χ2v) is 3.32. The quantitative estimate of drug-likeness (QED) is 0.627. The summed E-state index contributed by atoms with van der Waals surface area (Å²) >= 11 is 0. The minimum Gasteiger partial charge on any atom is -0.353 e. The zero-order chi connectivity index (χ0) is 11.4. The van der Waals surface area contributed by atoms with Crippen LogP contribution in [0.5, 0.6) is 0 Å². The first-order chi connectivity index (χ1) is 7.79. The molecular formula is C11H11FN4. The normalized spacial score (nSPS) is 10.2. The molecule has 1 N–H and O–H groups in total. The lowest BCUT2D eigenvalue weighted by Gasteiger charge is -1.97. The Kier molecular flexibility index (Phi) is 3.01. The van der Waals surface area contributed by atoms with E-state index in [2.05, 4.69) is 21.3 Å². The van der Waals surface area contributed by atoms with Crippen molar-refractivity contribution in [3.8, 4) is 12.3 Å². The fourth-order valence-electron chi connectivity index (χ4n) is 1.32. The van der Waals surface area contributed by atoms with E-state index in [1.165, 1.54) is 16.8 Å². The number of pyridine rings is 1. The van der Waals surface area contributed by atoms with Gasteiger partial charge in [-0.25, -0.2) is 8.91 Å². The summed E-state index contributed by atoms with van der Waals surface area (Å²) in [6, 6.07) is 2.93. The molecule has 2 heterocycles. The Balaban J connectivity index is 2.06. The van der Waals surface area contributed by atoms with Gasteiger partial charge >= 0.3 is 0 Å². The molecule has 16 heavy (non-hydrogen) atoms. The molecular weight excluding hydrogens is 207 g/mol. The highest BCUT2D eigenvalue weighted by Gasteiger charge is 2.02. The third-order valence-corrected chi connectivity index (χ3v) is 2.08. The molecule has 0 atom stereocenters. The molecule has 0 radical (unpaired) electrons. The molecule has 0 aliphatic carbocycles. The van der Waals surface area contributed by atoms with Crippen molar-refractivity contribution in [3.63, 3.8) is 0 Å². The lowest BCUT2D eigenvalue weighted by Crippen LogP contribution is -2.02. The van der Waals surface area contributed by atoms with Gasteiger partial charge < -0.3 is 5.32 Å². The van der Waals surface area contributed by atoms with Gasteiger partial charge in [0.2, 0.25) is 5.95 Å². The zero-order valence-electron chi connectivity index (χ0n) is 8.65. The number of nitrogens with one attached hydrogen (secondary N) is 1. The van der Waals surface area contributed by atoms with E-state index in [4.69, 9.17) is 6.42 Å². The number of nitrogens with zero attached hydrogens (tertiary/aromatic N) is 3. The monoisotopic (exact) mass is 218 g/mol. The average Bonchev–Trinajstić information content (AvgIpc) is 2.66. The summed E-state index contributed by atoms with van der Waals surface area (Å²) < 4.78 is 14.3. The second kappa shape index (κ2) is 4.62. The summed E-state index contributed by atoms with van der Waals surface area (Å²) in [7, 11) is 0. The molecule has 0 unspecified atom stereocenters. The van der Waals surface area contributed by atoms with Gasteiger partial charge in [-0.05, 0) is 18.6 Å². The molecule has 0 aliphatic heterocycles. The predicted octanol–water partition coefficient (Wildman–Crippen LogP) is 1.69. The summed E-state index contributed by atoms with van der Waals surface area (Å²) in [6.07, 6.45) is 8.00. The van der Waals surface area contributed by atoms with Crippen molar-refractivity contribution in [2.24, 2.45) is 0 Å². The number of aromatic nitrogens is 3. The topological polar surface area (TPSA) is 42.2 Å². The average molecular weight is 218 g/mol. The van der Waals surface area contributed by atoms with Crippen LogP contribution in [0.4, 0.5) is 10.3 Å². The minimum absolute atomic E-state index is 0.337. The number of unbranched alkanes of at least 4 members (excludes halogenated alkanes) is 1. The number of hydrogen-bond donors (Lipinski definition) is 1. The van der Waals surface area contributed by atoms with Gasteiger partial charge in [-0.15, -0.1) is 17.4 Å². The van der Waals surface area contributed by atoms with Crippen molar-refractivity contribution in [2.75, 3.05) is 11.9 Å². The number of hydrogen-bond acceptors (Lipinski definition) is 3. The van der Waals surface area contributed by atoms with Crippen LogP contribution in [0.1, 0.15) is 12.8 Å². The van der Waals surface area contributed by atoms with E-state index in [0.29, 0.717) is 18.1 Å². The third kappa shape index (κ3) is 2.28. The molecule has 2 aromatic rings. The number of anilines is 1. The van der Waals surface area contributed by atoms with E-state index >= 15 is 0 Å². The highest BCUT2D eigenvalue weighted by Crippen LogP contribution is 2.06. The van der Waals surface area contributed by atoms with E-state index in [-0.39, 0.29) is 5.82 Å². The lowest BCUT2D eigenvalue weighted by molar-refractivity contribution is 0.615. The van der Waals surface area contributed by atoms with Crippen LogP contribution >= 0.6 is 0 Å². The van der Waals surface area contributed by atoms with Crippen molar-refractivity contribution in [1.29, 1.82) is 0 Å². The van der Waals surface area contributed by atoms with E-state index in [1.807, 2.05) is 0 Å². The first-order valence-electron chi connectivity index (χ1n) is 4.99. The van der Waals surface area contributed by atoms with Gasteiger partial charge in [-0.2, -0.15) is 4.98 Å². The Labute approximate surface area is 92.5 Å². The second-order valence-electron chi connectivity index (χ2n) is 3.32. The lowest BCUT2D eigenvalue weighted by atomic mass is 10.3. The Hall–Kier alpha value is -2.09. The number of halogens is 1. The fraction of sp³-hybridized carbons (Fsp3) is 0.273. The van der Waals surface area contributed by atoms with E-state index < -0.39 is 0 Å². The van der Waals surface area contributed by atoms with E-state index in [9.17, 15) is 4.39 Å². The Morgan fingerprint density at radius 3 is 3.19 bits per heavy atom. The predicted molar refractivity (Wildman–Crippen MR) is 59.5 cm³/mol. The van der Waals surface area contributed by atoms with Crippen LogP contribution in [0.3, 0.4) is 0 Å². The fourth-order valence-corrected chi connectivity index (χ4v) is 1.32. The summed E-state index contributed by atoms with van der Waals surface area (Å²) in [6.45, 7) is 0.712. The number of terminal acetylenes is 1. The molecule has 0 fully saturated rings. The standard InChI is InChI=1S/C11H11FN4/c1-2-3-4-7-13-11-14-10-6-5-9(12)8-16(10)15-11/h1,5-6,8H,3-4,7H2,(H,13,15). The van der Waals surface area contributed by atoms with Crippen molar-refractivity contribution < 1.29 is 4.39 Å². The summed E-state index contributed by atoms with van der Waals surface area (Å²) in [4.78, 5) is 4.17. The molecule has 0 spiro atoms. The molecule has 2 aromatic heterocycles. The molecule has 5 heteroatoms. The maximum atomic E-state index is 12.9. The van der Waals surface area contributed by atoms with Crippen molar-refractivity contribution in [2.45, 2.75) is 12.8 Å². The van der Waals surface area contributed by atoms with Gasteiger partial charge in [-0.3, -0.25) is 0 Å². The Morgan fingerprint density at radius 2 is 2.38 bits per heavy atom. The molecule has 2 rings (SSSR count). The molecule has 0 aliphatic rings. The Bertz CT molecular complexity index is 526. The first kappa shape index (κ1) is 10.4. The smallest absolute Gasteiger partial charge is 0.243 e. The molecule has 82 valence electrons. The van der Waals surface area contributed by atoms with Crippen molar-refractivity contribution in [3.05, 3.63) is 24.1 Å². The van der Waals surface area contributed by atoms with Gasteiger partial charge in [0, 0.05) is 13.0 Å². The number of fused-ring (bicyclic) bond motifs is 1. The molecule has 0 amide bonds. The van der Waals surface area contributed by atoms with Crippen LogP contribution in [-0.4, -0.2) is 21.1 Å². The molecule has 0 bridgehead atoms. The van der Waals surface area contributed by atoms with Crippen LogP contribution < -0.4 is 5.32 Å². The van der Waals surface area contributed by atoms with E-state index in [1.54, 1.807) is 6.07 Å². The minimum atomic E-state index is -0.337. The SMILES string of the molecule is C#CCCCNc1nc2ccc(F)cn2n1. The van der Waals surface area contributed by atoms with E-state index in [0.717, 1.165) is 12.8 Å². The highest BCUT2D eigenvalue weighted by molar-refractivity contribution is 5.42. The maximum Gasteiger partial charge on any atom is 0.243 e. The summed E-state index contributed by atoms with van der Waals surface area (Å²) in [5, 5.41) is 7.10. The van der Waals surface area contributed by atoms with Crippen molar-refractivity contribution in [1.82, 2.24) is 14.6 Å². The highest BCUT2D eigenvalue weighted by atomic mass is 19.1. The van der Waals surface area contributed by atoms with Gasteiger partial charge in [0.25, 0.3) is 0 Å². The van der Waals surface area contributed by atoms with Crippen LogP contribution in [0.15, 0.2) is 18.3 Å². The molecule has 0 saturated heterocycles. The van der Waals surface area contributed by atoms with Gasteiger partial charge in [0.1, 0.15) is 5.82 Å². The van der Waals surface area contributed by atoms with Crippen LogP contribution in [0.2, 0.25) is 0 Å².